The van der Waals surface area contributed by atoms with Crippen LogP contribution >= 0.6 is 0 Å². The van der Waals surface area contributed by atoms with Crippen LogP contribution in [0.15, 0.2) is 16.7 Å². The van der Waals surface area contributed by atoms with E-state index >= 15 is 0 Å². The maximum atomic E-state index is 12.6. The average Bonchev–Trinajstić information content (AvgIpc) is 3.24. The van der Waals surface area contributed by atoms with Crippen molar-refractivity contribution < 1.29 is 14.1 Å². The van der Waals surface area contributed by atoms with Gasteiger partial charge in [-0.15, -0.1) is 0 Å². The summed E-state index contributed by atoms with van der Waals surface area (Å²) in [5, 5.41) is 13.6. The summed E-state index contributed by atoms with van der Waals surface area (Å²) in [6.07, 6.45) is 0. The van der Waals surface area contributed by atoms with Gasteiger partial charge in [0.2, 0.25) is 5.91 Å². The number of hydrogen-bond donors (Lipinski definition) is 2. The van der Waals surface area contributed by atoms with Crippen molar-refractivity contribution in [3.8, 4) is 0 Å². The minimum absolute atomic E-state index is 0.0797. The zero-order valence-electron chi connectivity index (χ0n) is 16.2. The molecule has 27 heavy (non-hydrogen) atoms. The van der Waals surface area contributed by atoms with E-state index in [-0.39, 0.29) is 23.8 Å². The first kappa shape index (κ1) is 19.1. The molecule has 0 aromatic carbocycles. The number of piperazine rings is 1. The van der Waals surface area contributed by atoms with Crippen molar-refractivity contribution in [1.82, 2.24) is 25.2 Å². The molecule has 2 amide bonds. The van der Waals surface area contributed by atoms with Crippen LogP contribution in [0.25, 0.3) is 0 Å². The molecule has 0 atom stereocenters. The number of rotatable bonds is 4. The molecule has 0 bridgehead atoms. The zero-order chi connectivity index (χ0) is 19.6. The van der Waals surface area contributed by atoms with Gasteiger partial charge < -0.3 is 14.7 Å². The molecule has 146 valence electrons. The maximum absolute atomic E-state index is 12.6. The lowest BCUT2D eigenvalue weighted by molar-refractivity contribution is -0.117. The number of aryl methyl sites for hydroxylation is 1. The maximum Gasteiger partial charge on any atom is 0.274 e. The van der Waals surface area contributed by atoms with Crippen molar-refractivity contribution >= 4 is 17.6 Å². The summed E-state index contributed by atoms with van der Waals surface area (Å²) in [6.45, 7) is 10.6. The lowest BCUT2D eigenvalue weighted by Crippen LogP contribution is -2.50. The Hall–Kier alpha value is -2.68. The molecular weight excluding hydrogens is 348 g/mol. The summed E-state index contributed by atoms with van der Waals surface area (Å²) >= 11 is 0. The van der Waals surface area contributed by atoms with Gasteiger partial charge in [-0.25, -0.2) is 0 Å². The van der Waals surface area contributed by atoms with Crippen LogP contribution in [0.4, 0.5) is 5.82 Å². The number of nitrogens with one attached hydrogen (secondary N) is 2. The number of H-pyrrole nitrogens is 1. The molecule has 1 fully saturated rings. The molecule has 2 aromatic rings. The van der Waals surface area contributed by atoms with E-state index in [1.165, 1.54) is 0 Å². The molecule has 9 heteroatoms. The van der Waals surface area contributed by atoms with E-state index in [2.05, 4.69) is 41.4 Å². The number of amides is 2. The quantitative estimate of drug-likeness (QED) is 0.838. The smallest absolute Gasteiger partial charge is 0.274 e. The largest absolute Gasteiger partial charge is 0.360 e. The Balaban J connectivity index is 1.49. The number of nitrogens with zero attached hydrogens (tertiary/aromatic N) is 4. The Kier molecular flexibility index (Phi) is 5.31. The summed E-state index contributed by atoms with van der Waals surface area (Å²) < 4.78 is 4.93. The Bertz CT molecular complexity index is 811. The van der Waals surface area contributed by atoms with E-state index in [1.807, 2.05) is 11.0 Å². The van der Waals surface area contributed by atoms with E-state index in [4.69, 9.17) is 4.52 Å². The van der Waals surface area contributed by atoms with Crippen molar-refractivity contribution in [2.45, 2.75) is 33.1 Å². The standard InChI is InChI=1S/C18H26N6O3/c1-12-9-15(22-27-12)19-16(25)11-23-5-7-24(8-6-23)17(26)13-10-14(21-20-13)18(2,3)4/h9-10H,5-8,11H2,1-4H3,(H,20,21)(H,19,22,25). The van der Waals surface area contributed by atoms with Crippen molar-refractivity contribution in [2.75, 3.05) is 38.0 Å². The van der Waals surface area contributed by atoms with Crippen LogP contribution in [-0.2, 0) is 10.2 Å². The lowest BCUT2D eigenvalue weighted by Gasteiger charge is -2.33. The highest BCUT2D eigenvalue weighted by Gasteiger charge is 2.26. The van der Waals surface area contributed by atoms with E-state index in [1.54, 1.807) is 17.9 Å². The van der Waals surface area contributed by atoms with Crippen LogP contribution in [0.1, 0.15) is 42.7 Å². The summed E-state index contributed by atoms with van der Waals surface area (Å²) in [7, 11) is 0. The van der Waals surface area contributed by atoms with Crippen LogP contribution in [0.2, 0.25) is 0 Å². The van der Waals surface area contributed by atoms with E-state index < -0.39 is 0 Å². The molecule has 9 nitrogen and oxygen atoms in total. The second kappa shape index (κ2) is 7.51. The average molecular weight is 374 g/mol. The molecule has 2 aromatic heterocycles. The van der Waals surface area contributed by atoms with Gasteiger partial charge in [0, 0.05) is 43.4 Å². The molecule has 0 unspecified atom stereocenters. The van der Waals surface area contributed by atoms with Crippen LogP contribution < -0.4 is 5.32 Å². The minimum Gasteiger partial charge on any atom is -0.360 e. The monoisotopic (exact) mass is 374 g/mol. The highest BCUT2D eigenvalue weighted by molar-refractivity contribution is 5.93. The Morgan fingerprint density at radius 1 is 1.22 bits per heavy atom. The molecule has 2 N–H and O–H groups in total. The van der Waals surface area contributed by atoms with Crippen molar-refractivity contribution in [3.05, 3.63) is 29.3 Å². The minimum atomic E-state index is -0.148. The molecule has 0 saturated carbocycles. The van der Waals surface area contributed by atoms with Gasteiger partial charge in [-0.1, -0.05) is 25.9 Å². The third-order valence-electron chi connectivity index (χ3n) is 4.53. The molecular formula is C18H26N6O3. The fourth-order valence-corrected chi connectivity index (χ4v) is 2.90. The molecule has 1 aliphatic heterocycles. The summed E-state index contributed by atoms with van der Waals surface area (Å²) in [6, 6.07) is 3.49. The molecule has 1 saturated heterocycles. The van der Waals surface area contributed by atoms with Gasteiger partial charge in [0.1, 0.15) is 11.5 Å². The Morgan fingerprint density at radius 3 is 2.48 bits per heavy atom. The van der Waals surface area contributed by atoms with Crippen LogP contribution in [-0.4, -0.2) is 69.7 Å². The third-order valence-corrected chi connectivity index (χ3v) is 4.53. The third kappa shape index (κ3) is 4.73. The van der Waals surface area contributed by atoms with Gasteiger partial charge in [-0.2, -0.15) is 5.10 Å². The molecule has 0 radical (unpaired) electrons. The summed E-state index contributed by atoms with van der Waals surface area (Å²) in [4.78, 5) is 28.5. The van der Waals surface area contributed by atoms with Crippen LogP contribution in [0, 0.1) is 6.92 Å². The number of carbonyl (C=O) groups excluding carboxylic acids is 2. The second-order valence-electron chi connectivity index (χ2n) is 7.86. The number of hydrogen-bond acceptors (Lipinski definition) is 6. The van der Waals surface area contributed by atoms with Crippen molar-refractivity contribution in [2.24, 2.45) is 0 Å². The van der Waals surface area contributed by atoms with Crippen molar-refractivity contribution in [3.63, 3.8) is 0 Å². The first-order valence-corrected chi connectivity index (χ1v) is 9.03. The molecule has 0 aliphatic carbocycles. The molecule has 0 spiro atoms. The van der Waals surface area contributed by atoms with E-state index in [0.29, 0.717) is 43.5 Å². The topological polar surface area (TPSA) is 107 Å². The fraction of sp³-hybridized carbons (Fsp3) is 0.556. The van der Waals surface area contributed by atoms with Gasteiger partial charge in [-0.3, -0.25) is 19.6 Å². The number of aromatic amines is 1. The highest BCUT2D eigenvalue weighted by atomic mass is 16.5. The Labute approximate surface area is 158 Å². The fourth-order valence-electron chi connectivity index (χ4n) is 2.90. The Morgan fingerprint density at radius 2 is 1.93 bits per heavy atom. The van der Waals surface area contributed by atoms with Gasteiger partial charge >= 0.3 is 0 Å². The second-order valence-corrected chi connectivity index (χ2v) is 7.86. The van der Waals surface area contributed by atoms with Gasteiger partial charge in [0.05, 0.1) is 6.54 Å². The van der Waals surface area contributed by atoms with E-state index in [0.717, 1.165) is 5.69 Å². The summed E-state index contributed by atoms with van der Waals surface area (Å²) in [5.74, 6) is 0.832. The number of anilines is 1. The van der Waals surface area contributed by atoms with Gasteiger partial charge in [0.15, 0.2) is 5.82 Å². The summed E-state index contributed by atoms with van der Waals surface area (Å²) in [5.41, 5.74) is 1.29. The van der Waals surface area contributed by atoms with Crippen molar-refractivity contribution in [1.29, 1.82) is 0 Å². The van der Waals surface area contributed by atoms with E-state index in [9.17, 15) is 9.59 Å². The molecule has 1 aliphatic rings. The predicted octanol–water partition coefficient (Wildman–Crippen LogP) is 1.40. The molecule has 3 heterocycles. The SMILES string of the molecule is Cc1cc(NC(=O)CN2CCN(C(=O)c3cc(C(C)(C)C)[nH]n3)CC2)no1. The lowest BCUT2D eigenvalue weighted by atomic mass is 9.92. The normalized spacial score (nSPS) is 15.8. The van der Waals surface area contributed by atoms with Crippen LogP contribution in [0.3, 0.4) is 0 Å². The zero-order valence-corrected chi connectivity index (χ0v) is 16.2. The number of carbonyl (C=O) groups is 2. The predicted molar refractivity (Wildman–Crippen MR) is 99.5 cm³/mol. The first-order chi connectivity index (χ1) is 12.7. The first-order valence-electron chi connectivity index (χ1n) is 9.03. The highest BCUT2D eigenvalue weighted by Crippen LogP contribution is 2.21. The molecule has 3 rings (SSSR count). The van der Waals surface area contributed by atoms with Gasteiger partial charge in [-0.05, 0) is 13.0 Å². The van der Waals surface area contributed by atoms with Gasteiger partial charge in [0.25, 0.3) is 5.91 Å². The number of aromatic nitrogens is 3. The van der Waals surface area contributed by atoms with Crippen LogP contribution in [0.5, 0.6) is 0 Å².